The van der Waals surface area contributed by atoms with Crippen molar-refractivity contribution in [1.82, 2.24) is 4.90 Å². The lowest BCUT2D eigenvalue weighted by molar-refractivity contribution is 0.313. The van der Waals surface area contributed by atoms with Crippen molar-refractivity contribution in [2.75, 3.05) is 20.1 Å². The molecule has 0 unspecified atom stereocenters. The van der Waals surface area contributed by atoms with Gasteiger partial charge in [-0.05, 0) is 61.4 Å². The van der Waals surface area contributed by atoms with Crippen molar-refractivity contribution < 1.29 is 0 Å². The maximum atomic E-state index is 2.45. The molecule has 0 aromatic heterocycles. The van der Waals surface area contributed by atoms with Gasteiger partial charge in [-0.1, -0.05) is 47.6 Å². The van der Waals surface area contributed by atoms with Gasteiger partial charge >= 0.3 is 0 Å². The number of benzene rings is 1. The number of piperidine rings is 1. The SMILES string of the molecule is CN1CCC(=C2C3=C(CC=C3)CCc3ccccc32)CC1. The summed E-state index contributed by atoms with van der Waals surface area (Å²) in [4.78, 5) is 2.45. The van der Waals surface area contributed by atoms with Gasteiger partial charge in [0.1, 0.15) is 0 Å². The molecule has 1 saturated heterocycles. The fraction of sp³-hybridized carbons (Fsp3) is 0.400. The van der Waals surface area contributed by atoms with E-state index in [0.717, 1.165) is 0 Å². The highest BCUT2D eigenvalue weighted by molar-refractivity contribution is 5.88. The minimum Gasteiger partial charge on any atom is -0.306 e. The summed E-state index contributed by atoms with van der Waals surface area (Å²) >= 11 is 0. The molecule has 1 aromatic rings. The van der Waals surface area contributed by atoms with Crippen LogP contribution >= 0.6 is 0 Å². The van der Waals surface area contributed by atoms with Gasteiger partial charge in [-0.15, -0.1) is 0 Å². The van der Waals surface area contributed by atoms with Crippen LogP contribution in [0.25, 0.3) is 5.57 Å². The third-order valence-electron chi connectivity index (χ3n) is 5.23. The quantitative estimate of drug-likeness (QED) is 0.680. The molecule has 0 radical (unpaired) electrons. The minimum absolute atomic E-state index is 1.17. The van der Waals surface area contributed by atoms with Gasteiger partial charge in [0, 0.05) is 13.1 Å². The molecule has 3 aliphatic rings. The second-order valence-corrected chi connectivity index (χ2v) is 6.56. The van der Waals surface area contributed by atoms with Gasteiger partial charge in [0.25, 0.3) is 0 Å². The van der Waals surface area contributed by atoms with Crippen molar-refractivity contribution in [2.24, 2.45) is 0 Å². The van der Waals surface area contributed by atoms with Gasteiger partial charge in [-0.25, -0.2) is 0 Å². The molecule has 0 bridgehead atoms. The topological polar surface area (TPSA) is 3.24 Å². The highest BCUT2D eigenvalue weighted by atomic mass is 15.1. The molecule has 1 heteroatoms. The van der Waals surface area contributed by atoms with E-state index in [9.17, 15) is 0 Å². The third-order valence-corrected chi connectivity index (χ3v) is 5.23. The second kappa shape index (κ2) is 5.31. The molecule has 1 fully saturated rings. The summed E-state index contributed by atoms with van der Waals surface area (Å²) in [5.41, 5.74) is 9.53. The Balaban J connectivity index is 1.89. The lowest BCUT2D eigenvalue weighted by Crippen LogP contribution is -2.27. The van der Waals surface area contributed by atoms with E-state index in [0.29, 0.717) is 0 Å². The molecule has 0 atom stereocenters. The normalized spacial score (nSPS) is 22.3. The predicted molar refractivity (Wildman–Crippen MR) is 89.2 cm³/mol. The highest BCUT2D eigenvalue weighted by Gasteiger charge is 2.24. The molecule has 0 amide bonds. The monoisotopic (exact) mass is 277 g/mol. The Kier molecular flexibility index (Phi) is 3.31. The van der Waals surface area contributed by atoms with Crippen LogP contribution in [-0.2, 0) is 6.42 Å². The van der Waals surface area contributed by atoms with Crippen LogP contribution in [0.5, 0.6) is 0 Å². The van der Waals surface area contributed by atoms with Crippen molar-refractivity contribution in [3.8, 4) is 0 Å². The molecule has 0 spiro atoms. The Morgan fingerprint density at radius 2 is 1.71 bits per heavy atom. The standard InChI is InChI=1S/C20H23N/c1-21-13-11-17(12-14-21)20-18-7-3-2-5-15(18)9-10-16-6-4-8-19(16)20/h2-5,7-8H,6,9-14H2,1H3. The van der Waals surface area contributed by atoms with E-state index in [1.807, 2.05) is 0 Å². The number of likely N-dealkylation sites (tertiary alicyclic amines) is 1. The number of rotatable bonds is 0. The van der Waals surface area contributed by atoms with Crippen molar-refractivity contribution in [1.29, 1.82) is 0 Å². The van der Waals surface area contributed by atoms with Gasteiger partial charge in [-0.3, -0.25) is 0 Å². The van der Waals surface area contributed by atoms with E-state index in [1.54, 1.807) is 27.9 Å². The summed E-state index contributed by atoms with van der Waals surface area (Å²) in [6.07, 6.45) is 10.8. The minimum atomic E-state index is 1.17. The number of aryl methyl sites for hydroxylation is 1. The fourth-order valence-corrected chi connectivity index (χ4v) is 3.98. The van der Waals surface area contributed by atoms with Crippen LogP contribution in [0.1, 0.15) is 36.8 Å². The summed E-state index contributed by atoms with van der Waals surface area (Å²) in [5, 5.41) is 0. The van der Waals surface area contributed by atoms with Crippen LogP contribution in [-0.4, -0.2) is 25.0 Å². The molecule has 0 N–H and O–H groups in total. The molecule has 1 aliphatic heterocycles. The van der Waals surface area contributed by atoms with E-state index in [-0.39, 0.29) is 0 Å². The Morgan fingerprint density at radius 3 is 2.57 bits per heavy atom. The molecule has 108 valence electrons. The van der Waals surface area contributed by atoms with Gasteiger partial charge < -0.3 is 4.90 Å². The van der Waals surface area contributed by atoms with Crippen LogP contribution < -0.4 is 0 Å². The summed E-state index contributed by atoms with van der Waals surface area (Å²) in [6.45, 7) is 2.40. The summed E-state index contributed by atoms with van der Waals surface area (Å²) in [5.74, 6) is 0. The molecular weight excluding hydrogens is 254 g/mol. The van der Waals surface area contributed by atoms with Gasteiger partial charge in [0.2, 0.25) is 0 Å². The van der Waals surface area contributed by atoms with Crippen molar-refractivity contribution in [2.45, 2.75) is 32.1 Å². The first-order valence-corrected chi connectivity index (χ1v) is 8.21. The summed E-state index contributed by atoms with van der Waals surface area (Å²) in [7, 11) is 2.24. The Labute approximate surface area is 127 Å². The van der Waals surface area contributed by atoms with Crippen LogP contribution in [0.3, 0.4) is 0 Å². The van der Waals surface area contributed by atoms with E-state index >= 15 is 0 Å². The van der Waals surface area contributed by atoms with Gasteiger partial charge in [0.15, 0.2) is 0 Å². The predicted octanol–water partition coefficient (Wildman–Crippen LogP) is 4.37. The van der Waals surface area contributed by atoms with Crippen molar-refractivity contribution >= 4 is 5.57 Å². The molecule has 21 heavy (non-hydrogen) atoms. The Morgan fingerprint density at radius 1 is 0.905 bits per heavy atom. The van der Waals surface area contributed by atoms with Crippen LogP contribution in [0.2, 0.25) is 0 Å². The van der Waals surface area contributed by atoms with Gasteiger partial charge in [-0.2, -0.15) is 0 Å². The first-order valence-electron chi connectivity index (χ1n) is 8.21. The molecule has 1 nitrogen and oxygen atoms in total. The van der Waals surface area contributed by atoms with Crippen LogP contribution in [0.4, 0.5) is 0 Å². The number of nitrogens with zero attached hydrogens (tertiary/aromatic N) is 1. The zero-order valence-electron chi connectivity index (χ0n) is 12.9. The van der Waals surface area contributed by atoms with E-state index < -0.39 is 0 Å². The maximum Gasteiger partial charge on any atom is 0.00160 e. The molecule has 0 saturated carbocycles. The zero-order chi connectivity index (χ0) is 14.2. The Bertz CT molecular complexity index is 650. The van der Waals surface area contributed by atoms with Crippen LogP contribution in [0, 0.1) is 0 Å². The van der Waals surface area contributed by atoms with E-state index in [1.165, 1.54) is 50.8 Å². The largest absolute Gasteiger partial charge is 0.306 e. The maximum absolute atomic E-state index is 2.45. The van der Waals surface area contributed by atoms with Crippen molar-refractivity contribution in [3.63, 3.8) is 0 Å². The number of allylic oxidation sites excluding steroid dienone is 5. The lowest BCUT2D eigenvalue weighted by Gasteiger charge is -2.27. The van der Waals surface area contributed by atoms with Crippen molar-refractivity contribution in [3.05, 3.63) is 64.3 Å². The lowest BCUT2D eigenvalue weighted by atomic mass is 9.86. The molecule has 4 rings (SSSR count). The Hall–Kier alpha value is -1.60. The zero-order valence-corrected chi connectivity index (χ0v) is 12.9. The first kappa shape index (κ1) is 13.1. The summed E-state index contributed by atoms with van der Waals surface area (Å²) < 4.78 is 0. The number of fused-ring (bicyclic) bond motifs is 1. The first-order chi connectivity index (χ1) is 10.3. The van der Waals surface area contributed by atoms with E-state index in [2.05, 4.69) is 48.4 Å². The molecular formula is C20H23N. The number of hydrogen-bond acceptors (Lipinski definition) is 1. The summed E-state index contributed by atoms with van der Waals surface area (Å²) in [6, 6.07) is 9.08. The van der Waals surface area contributed by atoms with E-state index in [4.69, 9.17) is 0 Å². The van der Waals surface area contributed by atoms with Gasteiger partial charge in [0.05, 0.1) is 0 Å². The molecule has 1 aromatic carbocycles. The second-order valence-electron chi connectivity index (χ2n) is 6.56. The average Bonchev–Trinajstić information content (AvgIpc) is 2.91. The number of hydrogen-bond donors (Lipinski definition) is 0. The fourth-order valence-electron chi connectivity index (χ4n) is 3.98. The van der Waals surface area contributed by atoms with Crippen LogP contribution in [0.15, 0.2) is 53.1 Å². The molecule has 1 heterocycles. The third kappa shape index (κ3) is 2.30. The average molecular weight is 277 g/mol. The molecule has 2 aliphatic carbocycles. The smallest absolute Gasteiger partial charge is 0.00160 e. The highest BCUT2D eigenvalue weighted by Crippen LogP contribution is 2.42.